The van der Waals surface area contributed by atoms with Crippen molar-refractivity contribution in [2.45, 2.75) is 52.7 Å². The fourth-order valence-corrected chi connectivity index (χ4v) is 1.24. The Hall–Kier alpha value is -1.36. The molecule has 0 radical (unpaired) electrons. The van der Waals surface area contributed by atoms with Crippen LogP contribution in [0.25, 0.3) is 0 Å². The molecule has 0 spiro atoms. The summed E-state index contributed by atoms with van der Waals surface area (Å²) in [5, 5.41) is 12.7. The van der Waals surface area contributed by atoms with E-state index in [2.05, 4.69) is 10.3 Å². The maximum atomic E-state index is 12.0. The third-order valence-electron chi connectivity index (χ3n) is 3.07. The van der Waals surface area contributed by atoms with E-state index >= 15 is 0 Å². The standard InChI is InChI=1S/C12H20N2O3/c1-7-9(17-8(2)13-7)10(15)14-11(3,4)12(5,6)16/h16H,1-6H3,(H,14,15). The number of aryl methyl sites for hydroxylation is 2. The molecule has 5 heteroatoms. The van der Waals surface area contributed by atoms with Crippen molar-refractivity contribution in [3.63, 3.8) is 0 Å². The van der Waals surface area contributed by atoms with Crippen LogP contribution in [-0.4, -0.2) is 27.1 Å². The Balaban J connectivity index is 2.91. The fraction of sp³-hybridized carbons (Fsp3) is 0.667. The first-order chi connectivity index (χ1) is 7.54. The maximum absolute atomic E-state index is 12.0. The van der Waals surface area contributed by atoms with Crippen molar-refractivity contribution in [3.05, 3.63) is 17.3 Å². The van der Waals surface area contributed by atoms with Gasteiger partial charge in [0.15, 0.2) is 5.89 Å². The molecule has 17 heavy (non-hydrogen) atoms. The minimum Gasteiger partial charge on any atom is -0.436 e. The van der Waals surface area contributed by atoms with Crippen LogP contribution < -0.4 is 5.32 Å². The maximum Gasteiger partial charge on any atom is 0.289 e. The number of carbonyl (C=O) groups is 1. The van der Waals surface area contributed by atoms with Gasteiger partial charge in [-0.05, 0) is 34.6 Å². The van der Waals surface area contributed by atoms with Gasteiger partial charge in [0.2, 0.25) is 5.76 Å². The summed E-state index contributed by atoms with van der Waals surface area (Å²) >= 11 is 0. The van der Waals surface area contributed by atoms with E-state index in [9.17, 15) is 9.90 Å². The van der Waals surface area contributed by atoms with Crippen LogP contribution in [0.5, 0.6) is 0 Å². The third-order valence-corrected chi connectivity index (χ3v) is 3.07. The quantitative estimate of drug-likeness (QED) is 0.841. The Labute approximate surface area is 101 Å². The second-order valence-corrected chi connectivity index (χ2v) is 5.29. The molecular weight excluding hydrogens is 220 g/mol. The predicted molar refractivity (Wildman–Crippen MR) is 63.8 cm³/mol. The van der Waals surface area contributed by atoms with Gasteiger partial charge < -0.3 is 14.8 Å². The molecule has 1 heterocycles. The van der Waals surface area contributed by atoms with Crippen molar-refractivity contribution in [1.29, 1.82) is 0 Å². The van der Waals surface area contributed by atoms with Gasteiger partial charge in [-0.1, -0.05) is 0 Å². The lowest BCUT2D eigenvalue weighted by molar-refractivity contribution is -0.00344. The van der Waals surface area contributed by atoms with E-state index < -0.39 is 11.1 Å². The van der Waals surface area contributed by atoms with E-state index in [1.807, 2.05) is 0 Å². The van der Waals surface area contributed by atoms with E-state index in [-0.39, 0.29) is 11.7 Å². The monoisotopic (exact) mass is 240 g/mol. The second-order valence-electron chi connectivity index (χ2n) is 5.29. The molecule has 0 saturated carbocycles. The minimum atomic E-state index is -1.04. The molecule has 0 aliphatic heterocycles. The van der Waals surface area contributed by atoms with Crippen molar-refractivity contribution in [3.8, 4) is 0 Å². The normalized spacial score (nSPS) is 12.6. The number of aliphatic hydroxyl groups is 1. The summed E-state index contributed by atoms with van der Waals surface area (Å²) in [6, 6.07) is 0. The van der Waals surface area contributed by atoms with E-state index in [1.54, 1.807) is 41.5 Å². The molecule has 0 aromatic carbocycles. The van der Waals surface area contributed by atoms with Crippen molar-refractivity contribution >= 4 is 5.91 Å². The van der Waals surface area contributed by atoms with Crippen LogP contribution >= 0.6 is 0 Å². The van der Waals surface area contributed by atoms with E-state index in [4.69, 9.17) is 4.42 Å². The lowest BCUT2D eigenvalue weighted by Crippen LogP contribution is -2.57. The van der Waals surface area contributed by atoms with Crippen LogP contribution in [-0.2, 0) is 0 Å². The first-order valence-electron chi connectivity index (χ1n) is 5.53. The van der Waals surface area contributed by atoms with Crippen molar-refractivity contribution in [2.24, 2.45) is 0 Å². The largest absolute Gasteiger partial charge is 0.436 e. The Morgan fingerprint density at radius 1 is 1.29 bits per heavy atom. The van der Waals surface area contributed by atoms with Crippen LogP contribution in [0.15, 0.2) is 4.42 Å². The molecule has 0 fully saturated rings. The smallest absolute Gasteiger partial charge is 0.289 e. The van der Waals surface area contributed by atoms with Gasteiger partial charge in [-0.25, -0.2) is 4.98 Å². The van der Waals surface area contributed by atoms with Crippen molar-refractivity contribution < 1.29 is 14.3 Å². The number of oxazole rings is 1. The molecule has 0 saturated heterocycles. The highest BCUT2D eigenvalue weighted by atomic mass is 16.4. The summed E-state index contributed by atoms with van der Waals surface area (Å²) in [6.07, 6.45) is 0. The molecular formula is C12H20N2O3. The Morgan fingerprint density at radius 3 is 2.18 bits per heavy atom. The summed E-state index contributed by atoms with van der Waals surface area (Å²) in [7, 11) is 0. The lowest BCUT2D eigenvalue weighted by atomic mass is 9.86. The molecule has 2 N–H and O–H groups in total. The van der Waals surface area contributed by atoms with Crippen LogP contribution in [0.3, 0.4) is 0 Å². The Kier molecular flexibility index (Phi) is 3.34. The molecule has 1 rings (SSSR count). The molecule has 0 bridgehead atoms. The van der Waals surface area contributed by atoms with Gasteiger partial charge in [0.25, 0.3) is 5.91 Å². The summed E-state index contributed by atoms with van der Waals surface area (Å²) in [6.45, 7) is 10.2. The Morgan fingerprint density at radius 2 is 1.82 bits per heavy atom. The fourth-order valence-electron chi connectivity index (χ4n) is 1.24. The van der Waals surface area contributed by atoms with Gasteiger partial charge >= 0.3 is 0 Å². The zero-order valence-corrected chi connectivity index (χ0v) is 11.2. The zero-order chi connectivity index (χ0) is 13.4. The van der Waals surface area contributed by atoms with Gasteiger partial charge in [0.1, 0.15) is 0 Å². The number of rotatable bonds is 3. The van der Waals surface area contributed by atoms with Crippen LogP contribution in [0, 0.1) is 13.8 Å². The number of hydrogen-bond acceptors (Lipinski definition) is 4. The first-order valence-corrected chi connectivity index (χ1v) is 5.53. The third kappa shape index (κ3) is 2.85. The highest BCUT2D eigenvalue weighted by Gasteiger charge is 2.37. The van der Waals surface area contributed by atoms with Gasteiger partial charge in [-0.15, -0.1) is 0 Å². The molecule has 0 atom stereocenters. The number of hydrogen-bond donors (Lipinski definition) is 2. The van der Waals surface area contributed by atoms with Crippen LogP contribution in [0.2, 0.25) is 0 Å². The van der Waals surface area contributed by atoms with Crippen molar-refractivity contribution in [1.82, 2.24) is 10.3 Å². The first kappa shape index (κ1) is 13.7. The molecule has 5 nitrogen and oxygen atoms in total. The highest BCUT2D eigenvalue weighted by Crippen LogP contribution is 2.21. The number of aromatic nitrogens is 1. The van der Waals surface area contributed by atoms with E-state index in [0.717, 1.165) is 0 Å². The number of nitrogens with zero attached hydrogens (tertiary/aromatic N) is 1. The van der Waals surface area contributed by atoms with Crippen molar-refractivity contribution in [2.75, 3.05) is 0 Å². The predicted octanol–water partition coefficient (Wildman–Crippen LogP) is 1.57. The summed E-state index contributed by atoms with van der Waals surface area (Å²) < 4.78 is 5.23. The summed E-state index contributed by atoms with van der Waals surface area (Å²) in [5.74, 6) is 0.281. The molecule has 0 aliphatic rings. The van der Waals surface area contributed by atoms with Crippen LogP contribution in [0.4, 0.5) is 0 Å². The molecule has 1 aromatic heterocycles. The lowest BCUT2D eigenvalue weighted by Gasteiger charge is -2.37. The molecule has 0 unspecified atom stereocenters. The molecule has 96 valence electrons. The minimum absolute atomic E-state index is 0.194. The van der Waals surface area contributed by atoms with E-state index in [1.165, 1.54) is 0 Å². The number of nitrogens with one attached hydrogen (secondary N) is 1. The summed E-state index contributed by atoms with van der Waals surface area (Å²) in [4.78, 5) is 16.0. The highest BCUT2D eigenvalue weighted by molar-refractivity contribution is 5.93. The second kappa shape index (κ2) is 4.14. The molecule has 0 aliphatic carbocycles. The Bertz CT molecular complexity index is 427. The van der Waals surface area contributed by atoms with Gasteiger partial charge in [0, 0.05) is 6.92 Å². The number of amides is 1. The number of carbonyl (C=O) groups excluding carboxylic acids is 1. The topological polar surface area (TPSA) is 75.4 Å². The van der Waals surface area contributed by atoms with Gasteiger partial charge in [-0.3, -0.25) is 4.79 Å². The average Bonchev–Trinajstić information content (AvgIpc) is 2.42. The van der Waals surface area contributed by atoms with Gasteiger partial charge in [0.05, 0.1) is 16.8 Å². The zero-order valence-electron chi connectivity index (χ0n) is 11.2. The molecule has 1 amide bonds. The average molecular weight is 240 g/mol. The molecule has 1 aromatic rings. The van der Waals surface area contributed by atoms with Crippen LogP contribution in [0.1, 0.15) is 49.8 Å². The van der Waals surface area contributed by atoms with E-state index in [0.29, 0.717) is 11.6 Å². The SMILES string of the molecule is Cc1nc(C)c(C(=O)NC(C)(C)C(C)(C)O)o1. The van der Waals surface area contributed by atoms with Gasteiger partial charge in [-0.2, -0.15) is 0 Å². The summed E-state index contributed by atoms with van der Waals surface area (Å²) in [5.41, 5.74) is -1.26.